The lowest BCUT2D eigenvalue weighted by molar-refractivity contribution is -0.404. The van der Waals surface area contributed by atoms with Gasteiger partial charge in [-0.05, 0) is 25.5 Å². The van der Waals surface area contributed by atoms with Crippen LogP contribution in [0.3, 0.4) is 0 Å². The normalized spacial score (nSPS) is 11.5. The summed E-state index contributed by atoms with van der Waals surface area (Å²) in [6, 6.07) is 3.66. The maximum absolute atomic E-state index is 10.6. The van der Waals surface area contributed by atoms with Crippen LogP contribution < -0.4 is 5.32 Å². The van der Waals surface area contributed by atoms with Gasteiger partial charge in [-0.15, -0.1) is 0 Å². The van der Waals surface area contributed by atoms with E-state index in [0.717, 1.165) is 11.8 Å². The van der Waals surface area contributed by atoms with Crippen LogP contribution in [0.4, 0.5) is 0 Å². The summed E-state index contributed by atoms with van der Waals surface area (Å²) < 4.78 is 0. The van der Waals surface area contributed by atoms with E-state index in [9.17, 15) is 10.1 Å². The molecule has 0 atom stereocenters. The maximum atomic E-state index is 10.6. The van der Waals surface area contributed by atoms with Gasteiger partial charge in [-0.25, -0.2) is 4.98 Å². The molecule has 1 aromatic rings. The molecule has 0 aliphatic carbocycles. The maximum Gasteiger partial charge on any atom is 0.274 e. The molecule has 0 amide bonds. The number of hydrogen-bond donors (Lipinski definition) is 1. The van der Waals surface area contributed by atoms with Gasteiger partial charge >= 0.3 is 0 Å². The van der Waals surface area contributed by atoms with Gasteiger partial charge in [0, 0.05) is 25.8 Å². The molecule has 6 nitrogen and oxygen atoms in total. The van der Waals surface area contributed by atoms with Crippen LogP contribution in [0.25, 0.3) is 0 Å². The van der Waals surface area contributed by atoms with Crippen molar-refractivity contribution in [1.29, 1.82) is 0 Å². The summed E-state index contributed by atoms with van der Waals surface area (Å²) in [5.74, 6) is 0.454. The average Bonchev–Trinajstić information content (AvgIpc) is 2.35. The molecular weight excluding hydrogens is 268 g/mol. The first-order valence-electron chi connectivity index (χ1n) is 5.84. The molecule has 0 spiro atoms. The molecule has 1 N–H and O–H groups in total. The highest BCUT2D eigenvalue weighted by Gasteiger charge is 2.16. The molecule has 0 saturated heterocycles. The van der Waals surface area contributed by atoms with E-state index < -0.39 is 4.92 Å². The zero-order valence-electron chi connectivity index (χ0n) is 11.1. The first-order valence-corrected chi connectivity index (χ1v) is 6.22. The first-order chi connectivity index (χ1) is 8.93. The number of hydrogen-bond acceptors (Lipinski definition) is 5. The van der Waals surface area contributed by atoms with Crippen LogP contribution in [-0.2, 0) is 6.54 Å². The minimum atomic E-state index is -0.471. The van der Waals surface area contributed by atoms with Gasteiger partial charge < -0.3 is 10.2 Å². The van der Waals surface area contributed by atoms with E-state index in [1.54, 1.807) is 19.3 Å². The van der Waals surface area contributed by atoms with Crippen LogP contribution in [0.2, 0.25) is 5.15 Å². The molecule has 0 fully saturated rings. The van der Waals surface area contributed by atoms with Gasteiger partial charge in [-0.2, -0.15) is 0 Å². The van der Waals surface area contributed by atoms with E-state index in [1.807, 2.05) is 24.8 Å². The van der Waals surface area contributed by atoms with Gasteiger partial charge in [0.2, 0.25) is 0 Å². The van der Waals surface area contributed by atoms with Crippen LogP contribution in [0, 0.1) is 10.1 Å². The fraction of sp³-hybridized carbons (Fsp3) is 0.417. The predicted octanol–water partition coefficient (Wildman–Crippen LogP) is 2.24. The Morgan fingerprint density at radius 2 is 2.32 bits per heavy atom. The zero-order chi connectivity index (χ0) is 14.4. The lowest BCUT2D eigenvalue weighted by Gasteiger charge is -2.29. The number of nitro groups is 1. The van der Waals surface area contributed by atoms with Crippen molar-refractivity contribution in [2.24, 2.45) is 0 Å². The molecule has 0 saturated carbocycles. The number of halogens is 1. The summed E-state index contributed by atoms with van der Waals surface area (Å²) >= 11 is 5.73. The van der Waals surface area contributed by atoms with E-state index in [0.29, 0.717) is 17.5 Å². The van der Waals surface area contributed by atoms with Gasteiger partial charge in [-0.3, -0.25) is 10.1 Å². The topological polar surface area (TPSA) is 71.3 Å². The molecule has 1 heterocycles. The summed E-state index contributed by atoms with van der Waals surface area (Å²) in [5.41, 5.74) is 0.933. The lowest BCUT2D eigenvalue weighted by Crippen LogP contribution is -2.35. The minimum Gasteiger partial charge on any atom is -0.370 e. The lowest BCUT2D eigenvalue weighted by atomic mass is 10.2. The second kappa shape index (κ2) is 6.94. The van der Waals surface area contributed by atoms with Crippen molar-refractivity contribution < 1.29 is 4.92 Å². The fourth-order valence-corrected chi connectivity index (χ4v) is 1.74. The molecule has 0 aliphatic heterocycles. The Hall–Kier alpha value is -1.82. The Labute approximate surface area is 117 Å². The monoisotopic (exact) mass is 284 g/mol. The molecule has 1 aromatic heterocycles. The van der Waals surface area contributed by atoms with E-state index in [1.165, 1.54) is 0 Å². The first kappa shape index (κ1) is 15.2. The quantitative estimate of drug-likeness (QED) is 0.493. The average molecular weight is 285 g/mol. The van der Waals surface area contributed by atoms with E-state index >= 15 is 0 Å². The second-order valence-corrected chi connectivity index (χ2v) is 4.65. The highest BCUT2D eigenvalue weighted by atomic mass is 35.5. The summed E-state index contributed by atoms with van der Waals surface area (Å²) in [5, 5.41) is 13.9. The van der Waals surface area contributed by atoms with Gasteiger partial charge in [0.25, 0.3) is 6.20 Å². The van der Waals surface area contributed by atoms with Gasteiger partial charge in [-0.1, -0.05) is 17.7 Å². The predicted molar refractivity (Wildman–Crippen MR) is 74.1 cm³/mol. The van der Waals surface area contributed by atoms with Crippen molar-refractivity contribution in [3.05, 3.63) is 51.2 Å². The Balaban J connectivity index is 2.94. The van der Waals surface area contributed by atoms with Crippen molar-refractivity contribution in [3.63, 3.8) is 0 Å². The van der Waals surface area contributed by atoms with Crippen LogP contribution in [-0.4, -0.2) is 27.9 Å². The standard InChI is InChI=1S/C12H17ClN4O2/c1-9(2)16(12(14-3)8-17(18)19)7-10-4-5-11(13)15-6-10/h4-6,8-9,14H,7H2,1-3H3/b12-8-. The Morgan fingerprint density at radius 1 is 1.63 bits per heavy atom. The number of nitrogens with zero attached hydrogens (tertiary/aromatic N) is 3. The highest BCUT2D eigenvalue weighted by molar-refractivity contribution is 6.29. The molecule has 1 rings (SSSR count). The van der Waals surface area contributed by atoms with Crippen LogP contribution in [0.15, 0.2) is 30.4 Å². The SMILES string of the molecule is CN/C(=C/[N+](=O)[O-])N(Cc1ccc(Cl)nc1)C(C)C. The van der Waals surface area contributed by atoms with Crippen LogP contribution >= 0.6 is 11.6 Å². The summed E-state index contributed by atoms with van der Waals surface area (Å²) in [7, 11) is 1.66. The van der Waals surface area contributed by atoms with Gasteiger partial charge in [0.1, 0.15) is 5.15 Å². The number of rotatable bonds is 6. The van der Waals surface area contributed by atoms with Crippen molar-refractivity contribution in [3.8, 4) is 0 Å². The smallest absolute Gasteiger partial charge is 0.274 e. The van der Waals surface area contributed by atoms with Crippen molar-refractivity contribution in [2.45, 2.75) is 26.4 Å². The Bertz CT molecular complexity index is 459. The van der Waals surface area contributed by atoms with Crippen LogP contribution in [0.5, 0.6) is 0 Å². The number of aromatic nitrogens is 1. The molecule has 0 bridgehead atoms. The minimum absolute atomic E-state index is 0.106. The molecule has 7 heteroatoms. The molecule has 0 unspecified atom stereocenters. The van der Waals surface area contributed by atoms with Crippen molar-refractivity contribution in [2.75, 3.05) is 7.05 Å². The third kappa shape index (κ3) is 4.75. The Kier molecular flexibility index (Phi) is 5.57. The van der Waals surface area contributed by atoms with E-state index in [2.05, 4.69) is 10.3 Å². The molecule has 19 heavy (non-hydrogen) atoms. The molecule has 104 valence electrons. The Morgan fingerprint density at radius 3 is 2.74 bits per heavy atom. The third-order valence-electron chi connectivity index (χ3n) is 2.56. The van der Waals surface area contributed by atoms with Crippen LogP contribution in [0.1, 0.15) is 19.4 Å². The molecule has 0 radical (unpaired) electrons. The van der Waals surface area contributed by atoms with Crippen molar-refractivity contribution >= 4 is 11.6 Å². The zero-order valence-corrected chi connectivity index (χ0v) is 11.9. The molecule has 0 aromatic carbocycles. The van der Waals surface area contributed by atoms with Gasteiger partial charge in [0.05, 0.1) is 4.92 Å². The van der Waals surface area contributed by atoms with E-state index in [4.69, 9.17) is 11.6 Å². The fourth-order valence-electron chi connectivity index (χ4n) is 1.62. The second-order valence-electron chi connectivity index (χ2n) is 4.26. The molecule has 0 aliphatic rings. The van der Waals surface area contributed by atoms with E-state index in [-0.39, 0.29) is 6.04 Å². The van der Waals surface area contributed by atoms with Crippen molar-refractivity contribution in [1.82, 2.24) is 15.2 Å². The summed E-state index contributed by atoms with van der Waals surface area (Å²) in [4.78, 5) is 16.0. The van der Waals surface area contributed by atoms with Gasteiger partial charge in [0.15, 0.2) is 5.82 Å². The number of nitrogens with one attached hydrogen (secondary N) is 1. The summed E-state index contributed by atoms with van der Waals surface area (Å²) in [6.45, 7) is 4.45. The third-order valence-corrected chi connectivity index (χ3v) is 2.78. The highest BCUT2D eigenvalue weighted by Crippen LogP contribution is 2.14. The number of pyridine rings is 1. The molecular formula is C12H17ClN4O2. The largest absolute Gasteiger partial charge is 0.370 e. The summed E-state index contributed by atoms with van der Waals surface area (Å²) in [6.07, 6.45) is 2.63.